The molecule has 0 unspecified atom stereocenters. The molecule has 2 rings (SSSR count). The first-order valence-electron chi connectivity index (χ1n) is 6.60. The number of nitrogens with one attached hydrogen (secondary N) is 2. The molecule has 2 aliphatic rings. The van der Waals surface area contributed by atoms with Crippen LogP contribution in [0.2, 0.25) is 0 Å². The normalized spacial score (nSPS) is 22.1. The highest BCUT2D eigenvalue weighted by molar-refractivity contribution is 7.99. The molecule has 2 heterocycles. The van der Waals surface area contributed by atoms with Crippen molar-refractivity contribution < 1.29 is 4.79 Å². The van der Waals surface area contributed by atoms with E-state index in [1.165, 1.54) is 0 Å². The number of halogens is 2. The molecule has 4 nitrogen and oxygen atoms in total. The third-order valence-corrected chi connectivity index (χ3v) is 4.46. The lowest BCUT2D eigenvalue weighted by Crippen LogP contribution is -2.52. The van der Waals surface area contributed by atoms with E-state index in [0.29, 0.717) is 6.04 Å². The van der Waals surface area contributed by atoms with Crippen LogP contribution in [0.25, 0.3) is 0 Å². The van der Waals surface area contributed by atoms with E-state index in [1.807, 2.05) is 23.6 Å². The Morgan fingerprint density at radius 3 is 2.42 bits per heavy atom. The average molecular weight is 330 g/mol. The lowest BCUT2D eigenvalue weighted by molar-refractivity contribution is -0.132. The third kappa shape index (κ3) is 6.08. The second-order valence-electron chi connectivity index (χ2n) is 4.85. The molecule has 0 aromatic rings. The molecular formula is C12H25Cl2N3OS. The van der Waals surface area contributed by atoms with E-state index in [4.69, 9.17) is 0 Å². The minimum absolute atomic E-state index is 0. The van der Waals surface area contributed by atoms with Crippen LogP contribution in [0.5, 0.6) is 0 Å². The van der Waals surface area contributed by atoms with Gasteiger partial charge in [-0.1, -0.05) is 0 Å². The highest BCUT2D eigenvalue weighted by Crippen LogP contribution is 2.11. The van der Waals surface area contributed by atoms with E-state index < -0.39 is 0 Å². The van der Waals surface area contributed by atoms with Gasteiger partial charge in [0.15, 0.2) is 0 Å². The Balaban J connectivity index is 0.00000162. The summed E-state index contributed by atoms with van der Waals surface area (Å²) in [5.41, 5.74) is 0. The molecule has 0 aromatic heterocycles. The summed E-state index contributed by atoms with van der Waals surface area (Å²) in [7, 11) is 0. The maximum atomic E-state index is 12.2. The SMILES string of the molecule is C[C@H](NC1CCNCC1)C(=O)N1CCSCC1.Cl.Cl. The molecule has 1 atom stereocenters. The fourth-order valence-electron chi connectivity index (χ4n) is 2.47. The van der Waals surface area contributed by atoms with Gasteiger partial charge in [0, 0.05) is 30.6 Å². The van der Waals surface area contributed by atoms with Crippen LogP contribution >= 0.6 is 36.6 Å². The fourth-order valence-corrected chi connectivity index (χ4v) is 3.37. The van der Waals surface area contributed by atoms with Crippen molar-refractivity contribution in [3.63, 3.8) is 0 Å². The maximum Gasteiger partial charge on any atom is 0.239 e. The molecule has 0 spiro atoms. The molecule has 2 saturated heterocycles. The zero-order chi connectivity index (χ0) is 12.1. The average Bonchev–Trinajstić information content (AvgIpc) is 2.40. The topological polar surface area (TPSA) is 44.4 Å². The molecule has 0 aromatic carbocycles. The summed E-state index contributed by atoms with van der Waals surface area (Å²) in [5, 5.41) is 6.82. The zero-order valence-electron chi connectivity index (χ0n) is 11.4. The monoisotopic (exact) mass is 329 g/mol. The molecular weight excluding hydrogens is 305 g/mol. The fraction of sp³-hybridized carbons (Fsp3) is 0.917. The zero-order valence-corrected chi connectivity index (χ0v) is 13.8. The van der Waals surface area contributed by atoms with E-state index in [2.05, 4.69) is 10.6 Å². The highest BCUT2D eigenvalue weighted by Gasteiger charge is 2.24. The van der Waals surface area contributed by atoms with Crippen molar-refractivity contribution in [2.24, 2.45) is 0 Å². The largest absolute Gasteiger partial charge is 0.340 e. The Morgan fingerprint density at radius 2 is 1.84 bits per heavy atom. The summed E-state index contributed by atoms with van der Waals surface area (Å²) >= 11 is 1.94. The van der Waals surface area contributed by atoms with Gasteiger partial charge in [0.05, 0.1) is 6.04 Å². The second-order valence-corrected chi connectivity index (χ2v) is 6.08. The number of carbonyl (C=O) groups is 1. The number of rotatable bonds is 3. The molecule has 0 radical (unpaired) electrons. The smallest absolute Gasteiger partial charge is 0.239 e. The van der Waals surface area contributed by atoms with Crippen LogP contribution in [0.1, 0.15) is 19.8 Å². The number of carbonyl (C=O) groups excluding carboxylic acids is 1. The van der Waals surface area contributed by atoms with Gasteiger partial charge in [-0.15, -0.1) is 24.8 Å². The van der Waals surface area contributed by atoms with Crippen molar-refractivity contribution >= 4 is 42.5 Å². The van der Waals surface area contributed by atoms with Gasteiger partial charge in [0.1, 0.15) is 0 Å². The predicted molar refractivity (Wildman–Crippen MR) is 86.9 cm³/mol. The van der Waals surface area contributed by atoms with Gasteiger partial charge >= 0.3 is 0 Å². The lowest BCUT2D eigenvalue weighted by Gasteiger charge is -2.32. The minimum Gasteiger partial charge on any atom is -0.340 e. The number of nitrogens with zero attached hydrogens (tertiary/aromatic N) is 1. The van der Waals surface area contributed by atoms with Crippen LogP contribution < -0.4 is 10.6 Å². The first-order chi connectivity index (χ1) is 8.27. The molecule has 0 aliphatic carbocycles. The number of hydrogen-bond acceptors (Lipinski definition) is 4. The van der Waals surface area contributed by atoms with Gasteiger partial charge in [0.25, 0.3) is 0 Å². The standard InChI is InChI=1S/C12H23N3OS.2ClH/c1-10(14-11-2-4-13-5-3-11)12(16)15-6-8-17-9-7-15;;/h10-11,13-14H,2-9H2,1H3;2*1H/t10-;;/m0../s1. The molecule has 114 valence electrons. The lowest BCUT2D eigenvalue weighted by atomic mass is 10.1. The van der Waals surface area contributed by atoms with E-state index in [0.717, 1.165) is 50.5 Å². The van der Waals surface area contributed by atoms with Gasteiger partial charge < -0.3 is 15.5 Å². The summed E-state index contributed by atoms with van der Waals surface area (Å²) in [5.74, 6) is 2.46. The van der Waals surface area contributed by atoms with E-state index in [-0.39, 0.29) is 36.8 Å². The number of piperidine rings is 1. The van der Waals surface area contributed by atoms with Crippen LogP contribution in [0.15, 0.2) is 0 Å². The Bertz CT molecular complexity index is 259. The van der Waals surface area contributed by atoms with E-state index in [1.54, 1.807) is 0 Å². The van der Waals surface area contributed by atoms with Crippen molar-refractivity contribution in [1.82, 2.24) is 15.5 Å². The Kier molecular flexibility index (Phi) is 10.3. The quantitative estimate of drug-likeness (QED) is 0.814. The van der Waals surface area contributed by atoms with Gasteiger partial charge in [0.2, 0.25) is 5.91 Å². The van der Waals surface area contributed by atoms with E-state index >= 15 is 0 Å². The summed E-state index contributed by atoms with van der Waals surface area (Å²) in [4.78, 5) is 14.2. The molecule has 2 fully saturated rings. The van der Waals surface area contributed by atoms with Crippen LogP contribution in [0.4, 0.5) is 0 Å². The van der Waals surface area contributed by atoms with Crippen molar-refractivity contribution in [3.05, 3.63) is 0 Å². The Morgan fingerprint density at radius 1 is 1.26 bits per heavy atom. The van der Waals surface area contributed by atoms with Gasteiger partial charge in [-0.25, -0.2) is 0 Å². The van der Waals surface area contributed by atoms with Crippen molar-refractivity contribution in [3.8, 4) is 0 Å². The van der Waals surface area contributed by atoms with Crippen molar-refractivity contribution in [1.29, 1.82) is 0 Å². The number of hydrogen-bond donors (Lipinski definition) is 2. The molecule has 0 bridgehead atoms. The summed E-state index contributed by atoms with van der Waals surface area (Å²) < 4.78 is 0. The second kappa shape index (κ2) is 10.1. The van der Waals surface area contributed by atoms with Crippen molar-refractivity contribution in [2.45, 2.75) is 31.8 Å². The molecule has 0 saturated carbocycles. The van der Waals surface area contributed by atoms with Gasteiger partial charge in [-0.3, -0.25) is 4.79 Å². The third-order valence-electron chi connectivity index (χ3n) is 3.52. The van der Waals surface area contributed by atoms with Crippen LogP contribution in [0.3, 0.4) is 0 Å². The van der Waals surface area contributed by atoms with Crippen LogP contribution in [-0.4, -0.2) is 60.6 Å². The van der Waals surface area contributed by atoms with Crippen LogP contribution in [0, 0.1) is 0 Å². The molecule has 2 aliphatic heterocycles. The first-order valence-corrected chi connectivity index (χ1v) is 7.76. The molecule has 19 heavy (non-hydrogen) atoms. The van der Waals surface area contributed by atoms with Gasteiger partial charge in [-0.05, 0) is 32.9 Å². The van der Waals surface area contributed by atoms with Gasteiger partial charge in [-0.2, -0.15) is 11.8 Å². The van der Waals surface area contributed by atoms with E-state index in [9.17, 15) is 4.79 Å². The summed E-state index contributed by atoms with van der Waals surface area (Å²) in [6, 6.07) is 0.482. The summed E-state index contributed by atoms with van der Waals surface area (Å²) in [6.07, 6.45) is 2.26. The molecule has 1 amide bonds. The number of thioether (sulfide) groups is 1. The van der Waals surface area contributed by atoms with Crippen LogP contribution in [-0.2, 0) is 4.79 Å². The number of amides is 1. The molecule has 7 heteroatoms. The van der Waals surface area contributed by atoms with Crippen molar-refractivity contribution in [2.75, 3.05) is 37.7 Å². The summed E-state index contributed by atoms with van der Waals surface area (Å²) in [6.45, 7) is 5.98. The maximum absolute atomic E-state index is 12.2. The Labute approximate surface area is 132 Å². The Hall–Kier alpha value is 0.320. The highest BCUT2D eigenvalue weighted by atomic mass is 35.5. The predicted octanol–water partition coefficient (Wildman–Crippen LogP) is 1.14. The molecule has 2 N–H and O–H groups in total. The minimum atomic E-state index is -0.0267. The first kappa shape index (κ1) is 19.3.